The zero-order valence-corrected chi connectivity index (χ0v) is 12.6. The fourth-order valence-electron chi connectivity index (χ4n) is 2.12. The van der Waals surface area contributed by atoms with Crippen molar-refractivity contribution < 1.29 is 14.3 Å². The van der Waals surface area contributed by atoms with Crippen LogP contribution in [0.25, 0.3) is 0 Å². The average Bonchev–Trinajstić information content (AvgIpc) is 2.52. The van der Waals surface area contributed by atoms with Crippen LogP contribution < -0.4 is 4.74 Å². The van der Waals surface area contributed by atoms with Crippen LogP contribution in [-0.4, -0.2) is 24.8 Å². The lowest BCUT2D eigenvalue weighted by Gasteiger charge is -2.14. The maximum Gasteiger partial charge on any atom is 0.165 e. The highest BCUT2D eigenvalue weighted by Gasteiger charge is 2.15. The predicted molar refractivity (Wildman–Crippen MR) is 83.3 cm³/mol. The Balaban J connectivity index is 2.40. The molecule has 5 heteroatoms. The molecule has 0 aliphatic rings. The Morgan fingerprint density at radius 3 is 2.38 bits per heavy atom. The molecule has 2 aromatic carbocycles. The minimum Gasteiger partial charge on any atom is -0.494 e. The third kappa shape index (κ3) is 3.55. The monoisotopic (exact) mass is 305 g/mol. The SMILES string of the molecule is COc1ccc(C(/C=N/O)c2ccc(SC)cc2)cc1F. The lowest BCUT2D eigenvalue weighted by Crippen LogP contribution is -2.04. The van der Waals surface area contributed by atoms with E-state index in [-0.39, 0.29) is 11.7 Å². The van der Waals surface area contributed by atoms with Crippen LogP contribution in [0.15, 0.2) is 52.5 Å². The van der Waals surface area contributed by atoms with Gasteiger partial charge in [0.15, 0.2) is 11.6 Å². The van der Waals surface area contributed by atoms with E-state index in [0.717, 1.165) is 10.5 Å². The number of oxime groups is 1. The van der Waals surface area contributed by atoms with Crippen molar-refractivity contribution in [2.45, 2.75) is 10.8 Å². The van der Waals surface area contributed by atoms with E-state index >= 15 is 0 Å². The van der Waals surface area contributed by atoms with E-state index in [1.165, 1.54) is 19.4 Å². The molecular weight excluding hydrogens is 289 g/mol. The first-order chi connectivity index (χ1) is 10.2. The molecule has 21 heavy (non-hydrogen) atoms. The van der Waals surface area contributed by atoms with E-state index < -0.39 is 5.82 Å². The maximum absolute atomic E-state index is 13.9. The summed E-state index contributed by atoms with van der Waals surface area (Å²) in [7, 11) is 1.42. The predicted octanol–water partition coefficient (Wildman–Crippen LogP) is 4.15. The highest BCUT2D eigenvalue weighted by atomic mass is 32.2. The van der Waals surface area contributed by atoms with Gasteiger partial charge in [0.2, 0.25) is 0 Å². The Morgan fingerprint density at radius 1 is 1.19 bits per heavy atom. The second-order valence-corrected chi connectivity index (χ2v) is 5.29. The molecule has 0 aromatic heterocycles. The van der Waals surface area contributed by atoms with Gasteiger partial charge in [-0.3, -0.25) is 0 Å². The van der Waals surface area contributed by atoms with Gasteiger partial charge in [0.05, 0.1) is 13.3 Å². The lowest BCUT2D eigenvalue weighted by atomic mass is 9.92. The molecule has 0 bridgehead atoms. The number of ether oxygens (including phenoxy) is 1. The molecule has 0 spiro atoms. The minimum atomic E-state index is -0.438. The van der Waals surface area contributed by atoms with Crippen molar-refractivity contribution >= 4 is 18.0 Å². The van der Waals surface area contributed by atoms with E-state index in [4.69, 9.17) is 9.94 Å². The first kappa shape index (κ1) is 15.4. The molecule has 1 atom stereocenters. The molecule has 0 saturated heterocycles. The number of thioether (sulfide) groups is 1. The Hall–Kier alpha value is -2.01. The Morgan fingerprint density at radius 2 is 1.86 bits per heavy atom. The van der Waals surface area contributed by atoms with Crippen LogP contribution in [-0.2, 0) is 0 Å². The number of methoxy groups -OCH3 is 1. The van der Waals surface area contributed by atoms with Crippen LogP contribution in [0.4, 0.5) is 4.39 Å². The summed E-state index contributed by atoms with van der Waals surface area (Å²) in [6.07, 6.45) is 3.38. The summed E-state index contributed by atoms with van der Waals surface area (Å²) in [5.41, 5.74) is 1.62. The normalized spacial score (nSPS) is 12.5. The zero-order valence-electron chi connectivity index (χ0n) is 11.8. The maximum atomic E-state index is 13.9. The number of nitrogens with zero attached hydrogens (tertiary/aromatic N) is 1. The van der Waals surface area contributed by atoms with Gasteiger partial charge in [-0.2, -0.15) is 0 Å². The fraction of sp³-hybridized carbons (Fsp3) is 0.188. The van der Waals surface area contributed by atoms with Crippen molar-refractivity contribution in [3.05, 3.63) is 59.4 Å². The quantitative estimate of drug-likeness (QED) is 0.390. The van der Waals surface area contributed by atoms with E-state index in [2.05, 4.69) is 5.16 Å². The third-order valence-electron chi connectivity index (χ3n) is 3.23. The molecule has 3 nitrogen and oxygen atoms in total. The third-order valence-corrected chi connectivity index (χ3v) is 3.97. The number of benzene rings is 2. The second kappa shape index (κ2) is 7.13. The van der Waals surface area contributed by atoms with E-state index in [1.807, 2.05) is 30.5 Å². The van der Waals surface area contributed by atoms with Gasteiger partial charge in [-0.15, -0.1) is 16.9 Å². The summed E-state index contributed by atoms with van der Waals surface area (Å²) in [6, 6.07) is 12.6. The molecule has 1 unspecified atom stereocenters. The summed E-state index contributed by atoms with van der Waals surface area (Å²) in [5, 5.41) is 12.0. The molecular formula is C16H16FNO2S. The standard InChI is InChI=1S/C16H16FNO2S/c1-20-16-8-5-12(9-15(16)17)14(10-18-19)11-3-6-13(21-2)7-4-11/h3-10,14,19H,1-2H3/b18-10+. The summed E-state index contributed by atoms with van der Waals surface area (Å²) in [4.78, 5) is 1.14. The molecule has 1 N–H and O–H groups in total. The molecule has 0 radical (unpaired) electrons. The Bertz CT molecular complexity index is 629. The van der Waals surface area contributed by atoms with Gasteiger partial charge < -0.3 is 9.94 Å². The molecule has 0 saturated carbocycles. The van der Waals surface area contributed by atoms with E-state index in [1.54, 1.807) is 23.9 Å². The van der Waals surface area contributed by atoms with Crippen molar-refractivity contribution in [3.63, 3.8) is 0 Å². The summed E-state index contributed by atoms with van der Waals surface area (Å²) >= 11 is 1.65. The summed E-state index contributed by atoms with van der Waals surface area (Å²) in [5.74, 6) is -0.561. The highest BCUT2D eigenvalue weighted by molar-refractivity contribution is 7.98. The second-order valence-electron chi connectivity index (χ2n) is 4.41. The van der Waals surface area contributed by atoms with Crippen LogP contribution in [0.2, 0.25) is 0 Å². The van der Waals surface area contributed by atoms with Crippen LogP contribution in [0.5, 0.6) is 5.75 Å². The lowest BCUT2D eigenvalue weighted by molar-refractivity contribution is 0.320. The van der Waals surface area contributed by atoms with Crippen LogP contribution in [0, 0.1) is 5.82 Å². The van der Waals surface area contributed by atoms with Crippen LogP contribution in [0.3, 0.4) is 0 Å². The topological polar surface area (TPSA) is 41.8 Å². The van der Waals surface area contributed by atoms with Gasteiger partial charge in [-0.25, -0.2) is 4.39 Å². The Kier molecular flexibility index (Phi) is 5.22. The fourth-order valence-corrected chi connectivity index (χ4v) is 2.53. The molecule has 0 aliphatic carbocycles. The largest absolute Gasteiger partial charge is 0.494 e. The van der Waals surface area contributed by atoms with Crippen LogP contribution in [0.1, 0.15) is 17.0 Å². The number of halogens is 1. The van der Waals surface area contributed by atoms with Gasteiger partial charge >= 0.3 is 0 Å². The van der Waals surface area contributed by atoms with E-state index in [9.17, 15) is 4.39 Å². The van der Waals surface area contributed by atoms with Crippen LogP contribution >= 0.6 is 11.8 Å². The number of hydrogen-bond acceptors (Lipinski definition) is 4. The summed E-state index contributed by atoms with van der Waals surface area (Å²) < 4.78 is 18.8. The van der Waals surface area contributed by atoms with Crippen molar-refractivity contribution in [2.75, 3.05) is 13.4 Å². The number of hydrogen-bond donors (Lipinski definition) is 1. The molecule has 0 heterocycles. The van der Waals surface area contributed by atoms with Gasteiger partial charge in [0, 0.05) is 10.8 Å². The van der Waals surface area contributed by atoms with Gasteiger partial charge in [0.25, 0.3) is 0 Å². The van der Waals surface area contributed by atoms with E-state index in [0.29, 0.717) is 5.56 Å². The average molecular weight is 305 g/mol. The number of rotatable bonds is 5. The smallest absolute Gasteiger partial charge is 0.165 e. The first-order valence-corrected chi connectivity index (χ1v) is 7.57. The highest BCUT2D eigenvalue weighted by Crippen LogP contribution is 2.28. The molecule has 0 fully saturated rings. The van der Waals surface area contributed by atoms with Crippen molar-refractivity contribution in [1.82, 2.24) is 0 Å². The first-order valence-electron chi connectivity index (χ1n) is 6.34. The van der Waals surface area contributed by atoms with Crippen molar-refractivity contribution in [1.29, 1.82) is 0 Å². The molecule has 0 amide bonds. The van der Waals surface area contributed by atoms with Crippen molar-refractivity contribution in [3.8, 4) is 5.75 Å². The molecule has 0 aliphatic heterocycles. The van der Waals surface area contributed by atoms with Gasteiger partial charge in [-0.05, 0) is 41.6 Å². The molecule has 110 valence electrons. The zero-order chi connectivity index (χ0) is 15.2. The molecule has 2 aromatic rings. The Labute approximate surface area is 127 Å². The van der Waals surface area contributed by atoms with Gasteiger partial charge in [0.1, 0.15) is 0 Å². The summed E-state index contributed by atoms with van der Waals surface area (Å²) in [6.45, 7) is 0. The minimum absolute atomic E-state index is 0.191. The molecule has 2 rings (SSSR count). The van der Waals surface area contributed by atoms with Gasteiger partial charge in [-0.1, -0.05) is 18.2 Å². The van der Waals surface area contributed by atoms with Crippen molar-refractivity contribution in [2.24, 2.45) is 5.16 Å².